The maximum Gasteiger partial charge on any atom is 0.252 e. The van der Waals surface area contributed by atoms with Crippen LogP contribution in [-0.4, -0.2) is 12.2 Å². The van der Waals surface area contributed by atoms with Gasteiger partial charge >= 0.3 is 0 Å². The highest BCUT2D eigenvalue weighted by molar-refractivity contribution is 6.32. The molecule has 0 saturated carbocycles. The highest BCUT2D eigenvalue weighted by Gasteiger charge is 2.11. The van der Waals surface area contributed by atoms with Gasteiger partial charge in [-0.3, -0.25) is 9.59 Å². The van der Waals surface area contributed by atoms with Crippen LogP contribution in [0.2, 0.25) is 5.02 Å². The number of halogens is 1. The van der Waals surface area contributed by atoms with Crippen LogP contribution in [0.5, 0.6) is 11.5 Å². The minimum absolute atomic E-state index is 0.262. The van der Waals surface area contributed by atoms with Crippen LogP contribution in [0.3, 0.4) is 0 Å². The van der Waals surface area contributed by atoms with E-state index in [1.54, 1.807) is 36.4 Å². The molecule has 0 saturated heterocycles. The van der Waals surface area contributed by atoms with E-state index in [9.17, 15) is 9.59 Å². The van der Waals surface area contributed by atoms with Crippen LogP contribution in [0.15, 0.2) is 42.5 Å². The monoisotopic (exact) mass is 275 g/mol. The van der Waals surface area contributed by atoms with Crippen molar-refractivity contribution in [2.75, 3.05) is 0 Å². The second kappa shape index (κ2) is 5.54. The molecule has 19 heavy (non-hydrogen) atoms. The molecule has 0 aromatic heterocycles. The number of benzene rings is 2. The third kappa shape index (κ3) is 2.92. The summed E-state index contributed by atoms with van der Waals surface area (Å²) in [7, 11) is 0. The summed E-state index contributed by atoms with van der Waals surface area (Å²) >= 11 is 5.99. The number of aldehydes is 1. The zero-order valence-corrected chi connectivity index (χ0v) is 10.6. The Kier molecular flexibility index (Phi) is 3.82. The molecule has 0 unspecified atom stereocenters. The van der Waals surface area contributed by atoms with Crippen molar-refractivity contribution in [1.82, 2.24) is 0 Å². The number of para-hydroxylation sites is 1. The van der Waals surface area contributed by atoms with Crippen molar-refractivity contribution in [3.05, 3.63) is 58.6 Å². The van der Waals surface area contributed by atoms with Crippen molar-refractivity contribution in [2.24, 2.45) is 5.73 Å². The summed E-state index contributed by atoms with van der Waals surface area (Å²) in [4.78, 5) is 21.9. The SMILES string of the molecule is NC(=O)c1ccccc1Oc1ccc(C=O)cc1Cl. The molecular weight excluding hydrogens is 266 g/mol. The molecule has 1 amide bonds. The molecule has 0 atom stereocenters. The second-order valence-electron chi connectivity index (χ2n) is 3.77. The summed E-state index contributed by atoms with van der Waals surface area (Å²) in [5.74, 6) is 0.0768. The highest BCUT2D eigenvalue weighted by Crippen LogP contribution is 2.31. The molecule has 5 heteroatoms. The lowest BCUT2D eigenvalue weighted by Gasteiger charge is -2.10. The van der Waals surface area contributed by atoms with E-state index in [4.69, 9.17) is 22.1 Å². The van der Waals surface area contributed by atoms with Gasteiger partial charge in [-0.2, -0.15) is 0 Å². The van der Waals surface area contributed by atoms with Gasteiger partial charge < -0.3 is 10.5 Å². The van der Waals surface area contributed by atoms with Gasteiger partial charge in [0.1, 0.15) is 17.8 Å². The Balaban J connectivity index is 2.36. The number of rotatable bonds is 4. The number of carbonyl (C=O) groups excluding carboxylic acids is 2. The van der Waals surface area contributed by atoms with Crippen molar-refractivity contribution in [2.45, 2.75) is 0 Å². The summed E-state index contributed by atoms with van der Waals surface area (Å²) in [6, 6.07) is 11.2. The van der Waals surface area contributed by atoms with Crippen LogP contribution in [-0.2, 0) is 0 Å². The van der Waals surface area contributed by atoms with Crippen LogP contribution in [0.1, 0.15) is 20.7 Å². The average molecular weight is 276 g/mol. The van der Waals surface area contributed by atoms with Crippen LogP contribution in [0, 0.1) is 0 Å². The molecule has 0 spiro atoms. The fraction of sp³-hybridized carbons (Fsp3) is 0. The van der Waals surface area contributed by atoms with E-state index in [0.717, 1.165) is 0 Å². The average Bonchev–Trinajstić information content (AvgIpc) is 2.41. The third-order valence-corrected chi connectivity index (χ3v) is 2.76. The second-order valence-corrected chi connectivity index (χ2v) is 4.18. The largest absolute Gasteiger partial charge is 0.455 e. The Morgan fingerprint density at radius 3 is 2.53 bits per heavy atom. The first-order valence-corrected chi connectivity index (χ1v) is 5.81. The topological polar surface area (TPSA) is 69.4 Å². The van der Waals surface area contributed by atoms with Gasteiger partial charge in [-0.15, -0.1) is 0 Å². The highest BCUT2D eigenvalue weighted by atomic mass is 35.5. The zero-order valence-electron chi connectivity index (χ0n) is 9.80. The quantitative estimate of drug-likeness (QED) is 0.872. The Labute approximate surface area is 114 Å². The third-order valence-electron chi connectivity index (χ3n) is 2.46. The molecule has 0 fully saturated rings. The summed E-state index contributed by atoms with van der Waals surface area (Å²) in [5.41, 5.74) is 5.96. The number of nitrogens with two attached hydrogens (primary N) is 1. The molecule has 0 heterocycles. The van der Waals surface area contributed by atoms with E-state index in [0.29, 0.717) is 23.3 Å². The summed E-state index contributed by atoms with van der Waals surface area (Å²) < 4.78 is 5.55. The Morgan fingerprint density at radius 1 is 1.16 bits per heavy atom. The first-order valence-electron chi connectivity index (χ1n) is 5.43. The van der Waals surface area contributed by atoms with Gasteiger partial charge in [-0.1, -0.05) is 23.7 Å². The van der Waals surface area contributed by atoms with Gasteiger partial charge in [0.2, 0.25) is 0 Å². The van der Waals surface area contributed by atoms with Crippen molar-refractivity contribution in [3.63, 3.8) is 0 Å². The minimum atomic E-state index is -0.587. The van der Waals surface area contributed by atoms with Gasteiger partial charge in [0.25, 0.3) is 5.91 Å². The standard InChI is InChI=1S/C14H10ClNO3/c15-11-7-9(8-17)5-6-13(11)19-12-4-2-1-3-10(12)14(16)18/h1-8H,(H2,16,18). The predicted molar refractivity (Wildman–Crippen MR) is 71.9 cm³/mol. The first-order chi connectivity index (χ1) is 9.11. The molecule has 2 aromatic rings. The van der Waals surface area contributed by atoms with E-state index >= 15 is 0 Å². The lowest BCUT2D eigenvalue weighted by molar-refractivity contribution is 0.0997. The number of ether oxygens (including phenoxy) is 1. The summed E-state index contributed by atoms with van der Waals surface area (Å²) in [6.07, 6.45) is 0.688. The van der Waals surface area contributed by atoms with Crippen LogP contribution >= 0.6 is 11.6 Å². The fourth-order valence-electron chi connectivity index (χ4n) is 1.55. The predicted octanol–water partition coefficient (Wildman–Crippen LogP) is 3.04. The normalized spacial score (nSPS) is 9.95. The number of amides is 1. The van der Waals surface area contributed by atoms with Crippen LogP contribution in [0.4, 0.5) is 0 Å². The number of primary amides is 1. The Hall–Kier alpha value is -2.33. The molecule has 0 aliphatic carbocycles. The van der Waals surface area contributed by atoms with E-state index in [2.05, 4.69) is 0 Å². The molecule has 4 nitrogen and oxygen atoms in total. The molecule has 0 radical (unpaired) electrons. The number of hydrogen-bond donors (Lipinski definition) is 1. The molecular formula is C14H10ClNO3. The summed E-state index contributed by atoms with van der Waals surface area (Å²) in [5, 5.41) is 0.281. The van der Waals surface area contributed by atoms with Gasteiger partial charge in [0.05, 0.1) is 10.6 Å². The maximum atomic E-state index is 11.3. The van der Waals surface area contributed by atoms with E-state index in [1.165, 1.54) is 6.07 Å². The summed E-state index contributed by atoms with van der Waals surface area (Å²) in [6.45, 7) is 0. The molecule has 96 valence electrons. The molecule has 2 N–H and O–H groups in total. The number of carbonyl (C=O) groups is 2. The van der Waals surface area contributed by atoms with Crippen molar-refractivity contribution < 1.29 is 14.3 Å². The molecule has 2 aromatic carbocycles. The van der Waals surface area contributed by atoms with Crippen molar-refractivity contribution in [3.8, 4) is 11.5 Å². The van der Waals surface area contributed by atoms with Gasteiger partial charge in [-0.25, -0.2) is 0 Å². The molecule has 2 rings (SSSR count). The van der Waals surface area contributed by atoms with Gasteiger partial charge in [0, 0.05) is 5.56 Å². The maximum absolute atomic E-state index is 11.3. The lowest BCUT2D eigenvalue weighted by atomic mass is 10.2. The van der Waals surface area contributed by atoms with Crippen molar-refractivity contribution in [1.29, 1.82) is 0 Å². The Bertz CT molecular complexity index is 640. The lowest BCUT2D eigenvalue weighted by Crippen LogP contribution is -2.12. The number of hydrogen-bond acceptors (Lipinski definition) is 3. The smallest absolute Gasteiger partial charge is 0.252 e. The van der Waals surface area contributed by atoms with Crippen molar-refractivity contribution >= 4 is 23.8 Å². The van der Waals surface area contributed by atoms with Gasteiger partial charge in [-0.05, 0) is 30.3 Å². The fourth-order valence-corrected chi connectivity index (χ4v) is 1.78. The van der Waals surface area contributed by atoms with E-state index in [-0.39, 0.29) is 10.6 Å². The van der Waals surface area contributed by atoms with Gasteiger partial charge in [0.15, 0.2) is 0 Å². The van der Waals surface area contributed by atoms with Crippen LogP contribution < -0.4 is 10.5 Å². The minimum Gasteiger partial charge on any atom is -0.455 e. The van der Waals surface area contributed by atoms with Crippen LogP contribution in [0.25, 0.3) is 0 Å². The first kappa shape index (κ1) is 13.1. The van der Waals surface area contributed by atoms with E-state index in [1.807, 2.05) is 0 Å². The molecule has 0 bridgehead atoms. The van der Waals surface area contributed by atoms with E-state index < -0.39 is 5.91 Å². The zero-order chi connectivity index (χ0) is 13.8. The Morgan fingerprint density at radius 2 is 1.89 bits per heavy atom. The molecule has 0 aliphatic heterocycles. The molecule has 0 aliphatic rings.